The fourth-order valence-electron chi connectivity index (χ4n) is 4.08. The maximum absolute atomic E-state index is 13.6. The lowest BCUT2D eigenvalue weighted by Crippen LogP contribution is -2.31. The van der Waals surface area contributed by atoms with Crippen LogP contribution in [0.5, 0.6) is 0 Å². The maximum Gasteiger partial charge on any atom is 0.290 e. The van der Waals surface area contributed by atoms with Gasteiger partial charge in [0, 0.05) is 17.6 Å². The lowest BCUT2D eigenvalue weighted by molar-refractivity contribution is 0.0593. The zero-order valence-corrected chi connectivity index (χ0v) is 19.8. The fraction of sp³-hybridized carbons (Fsp3) is 0.360. The topological polar surface area (TPSA) is 59.8 Å². The molecule has 1 aliphatic heterocycles. The molecule has 6 heteroatoms. The number of ether oxygens (including phenoxy) is 1. The molecule has 0 spiro atoms. The van der Waals surface area contributed by atoms with E-state index in [1.807, 2.05) is 64.1 Å². The highest BCUT2D eigenvalue weighted by Gasteiger charge is 2.42. The van der Waals surface area contributed by atoms with Gasteiger partial charge in [-0.3, -0.25) is 9.59 Å². The van der Waals surface area contributed by atoms with Gasteiger partial charge >= 0.3 is 0 Å². The predicted octanol–water partition coefficient (Wildman–Crippen LogP) is 5.53. The molecule has 0 N–H and O–H groups in total. The molecule has 1 amide bonds. The van der Waals surface area contributed by atoms with Crippen molar-refractivity contribution in [1.29, 1.82) is 0 Å². The molecule has 0 fully saturated rings. The van der Waals surface area contributed by atoms with Crippen molar-refractivity contribution in [1.82, 2.24) is 4.90 Å². The van der Waals surface area contributed by atoms with Gasteiger partial charge < -0.3 is 14.1 Å². The van der Waals surface area contributed by atoms with Crippen LogP contribution in [-0.4, -0.2) is 30.1 Å². The van der Waals surface area contributed by atoms with Crippen LogP contribution < -0.4 is 5.43 Å². The van der Waals surface area contributed by atoms with E-state index < -0.39 is 6.04 Å². The van der Waals surface area contributed by atoms with Gasteiger partial charge in [0.25, 0.3) is 5.91 Å². The summed E-state index contributed by atoms with van der Waals surface area (Å²) in [5, 5.41) is 0.514. The lowest BCUT2D eigenvalue weighted by atomic mass is 9.97. The van der Waals surface area contributed by atoms with Gasteiger partial charge in [-0.15, -0.1) is 0 Å². The van der Waals surface area contributed by atoms with Crippen LogP contribution in [0, 0.1) is 13.8 Å². The Kier molecular flexibility index (Phi) is 6.04. The van der Waals surface area contributed by atoms with Gasteiger partial charge in [0.1, 0.15) is 5.58 Å². The molecule has 1 unspecified atom stereocenters. The van der Waals surface area contributed by atoms with Crippen LogP contribution in [0.3, 0.4) is 0 Å². The molecule has 1 aromatic heterocycles. The van der Waals surface area contributed by atoms with Crippen molar-refractivity contribution < 1.29 is 13.9 Å². The number of carbonyl (C=O) groups is 1. The molecule has 0 aliphatic carbocycles. The highest BCUT2D eigenvalue weighted by molar-refractivity contribution is 9.10. The first kappa shape index (κ1) is 21.8. The summed E-state index contributed by atoms with van der Waals surface area (Å²) in [6.45, 7) is 8.93. The Bertz CT molecular complexity index is 1210. The van der Waals surface area contributed by atoms with Gasteiger partial charge in [-0.1, -0.05) is 28.1 Å². The third kappa shape index (κ3) is 4.06. The van der Waals surface area contributed by atoms with E-state index in [-0.39, 0.29) is 23.2 Å². The van der Waals surface area contributed by atoms with Crippen molar-refractivity contribution in [3.05, 3.63) is 79.1 Å². The largest absolute Gasteiger partial charge is 0.450 e. The third-order valence-corrected chi connectivity index (χ3v) is 6.23. The summed E-state index contributed by atoms with van der Waals surface area (Å²) >= 11 is 3.51. The zero-order valence-electron chi connectivity index (χ0n) is 18.2. The number of halogens is 1. The Morgan fingerprint density at radius 1 is 1.13 bits per heavy atom. The van der Waals surface area contributed by atoms with Crippen LogP contribution >= 0.6 is 15.9 Å². The number of fused-ring (bicyclic) bond motifs is 2. The second kappa shape index (κ2) is 8.60. The average Bonchev–Trinajstić information content (AvgIpc) is 2.99. The summed E-state index contributed by atoms with van der Waals surface area (Å²) in [6.07, 6.45) is 0.807. The second-order valence-electron chi connectivity index (χ2n) is 8.34. The van der Waals surface area contributed by atoms with E-state index in [9.17, 15) is 9.59 Å². The lowest BCUT2D eigenvalue weighted by Gasteiger charge is -2.25. The minimum Gasteiger partial charge on any atom is -0.450 e. The van der Waals surface area contributed by atoms with Crippen molar-refractivity contribution in [3.8, 4) is 0 Å². The third-order valence-electron chi connectivity index (χ3n) is 5.74. The van der Waals surface area contributed by atoms with Gasteiger partial charge in [-0.05, 0) is 75.1 Å². The van der Waals surface area contributed by atoms with Gasteiger partial charge in [0.05, 0.1) is 23.1 Å². The van der Waals surface area contributed by atoms with Gasteiger partial charge in [0.2, 0.25) is 5.76 Å². The van der Waals surface area contributed by atoms with E-state index in [1.165, 1.54) is 0 Å². The summed E-state index contributed by atoms with van der Waals surface area (Å²) in [6, 6.07) is 11.0. The number of carbonyl (C=O) groups excluding carboxylic acids is 1. The minimum atomic E-state index is -0.485. The number of hydrogen-bond acceptors (Lipinski definition) is 4. The first-order valence-electron chi connectivity index (χ1n) is 10.5. The number of benzene rings is 2. The van der Waals surface area contributed by atoms with Gasteiger partial charge in [-0.2, -0.15) is 0 Å². The second-order valence-corrected chi connectivity index (χ2v) is 9.25. The summed E-state index contributed by atoms with van der Waals surface area (Å²) < 4.78 is 12.6. The number of amides is 1. The molecule has 0 saturated heterocycles. The Morgan fingerprint density at radius 3 is 2.58 bits per heavy atom. The molecule has 5 nitrogen and oxygen atoms in total. The van der Waals surface area contributed by atoms with Crippen LogP contribution in [0.25, 0.3) is 11.0 Å². The van der Waals surface area contributed by atoms with Crippen LogP contribution in [0.1, 0.15) is 59.1 Å². The highest BCUT2D eigenvalue weighted by Crippen LogP contribution is 2.39. The quantitative estimate of drug-likeness (QED) is 0.432. The molecule has 1 aliphatic rings. The van der Waals surface area contributed by atoms with Crippen molar-refractivity contribution in [2.45, 2.75) is 46.3 Å². The number of nitrogens with zero attached hydrogens (tertiary/aromatic N) is 1. The highest BCUT2D eigenvalue weighted by atomic mass is 79.9. The Balaban J connectivity index is 1.85. The van der Waals surface area contributed by atoms with E-state index in [4.69, 9.17) is 9.15 Å². The van der Waals surface area contributed by atoms with E-state index in [0.717, 1.165) is 21.2 Å². The standard InChI is InChI=1S/C25H26BrNO4/c1-14(2)30-10-6-9-27-22(17-7-5-8-18(26)13-17)21-23(28)19-11-15(3)16(4)12-20(19)31-24(21)25(27)29/h5,7-8,11-14,22H,6,9-10H2,1-4H3. The average molecular weight is 484 g/mol. The van der Waals surface area contributed by atoms with E-state index in [1.54, 1.807) is 4.90 Å². The number of hydrogen-bond donors (Lipinski definition) is 0. The molecule has 0 saturated carbocycles. The van der Waals surface area contributed by atoms with Crippen LogP contribution in [0.4, 0.5) is 0 Å². The monoisotopic (exact) mass is 483 g/mol. The number of rotatable bonds is 6. The van der Waals surface area contributed by atoms with Crippen LogP contribution in [0.15, 0.2) is 50.1 Å². The molecular formula is C25H26BrNO4. The van der Waals surface area contributed by atoms with Gasteiger partial charge in [0.15, 0.2) is 5.43 Å². The SMILES string of the molecule is Cc1cc2oc3c(c(=O)c2cc1C)C(c1cccc(Br)c1)N(CCCOC(C)C)C3=O. The normalized spacial score (nSPS) is 15.9. The summed E-state index contributed by atoms with van der Waals surface area (Å²) in [7, 11) is 0. The summed E-state index contributed by atoms with van der Waals surface area (Å²) in [5.41, 5.74) is 3.65. The van der Waals surface area contributed by atoms with E-state index >= 15 is 0 Å². The van der Waals surface area contributed by atoms with E-state index in [0.29, 0.717) is 36.1 Å². The maximum atomic E-state index is 13.6. The molecule has 162 valence electrons. The van der Waals surface area contributed by atoms with Crippen molar-refractivity contribution >= 4 is 32.8 Å². The molecule has 2 aromatic carbocycles. The number of aryl methyl sites for hydroxylation is 2. The molecule has 0 bridgehead atoms. The van der Waals surface area contributed by atoms with Crippen molar-refractivity contribution in [3.63, 3.8) is 0 Å². The Labute approximate surface area is 190 Å². The molecule has 3 aromatic rings. The smallest absolute Gasteiger partial charge is 0.290 e. The Hall–Kier alpha value is -2.44. The molecule has 2 heterocycles. The minimum absolute atomic E-state index is 0.132. The molecule has 31 heavy (non-hydrogen) atoms. The first-order valence-corrected chi connectivity index (χ1v) is 11.3. The summed E-state index contributed by atoms with van der Waals surface area (Å²) in [4.78, 5) is 28.7. The first-order chi connectivity index (χ1) is 14.8. The predicted molar refractivity (Wildman–Crippen MR) is 125 cm³/mol. The Morgan fingerprint density at radius 2 is 1.87 bits per heavy atom. The summed E-state index contributed by atoms with van der Waals surface area (Å²) in [5.74, 6) is -0.0998. The van der Waals surface area contributed by atoms with Crippen molar-refractivity contribution in [2.24, 2.45) is 0 Å². The zero-order chi connectivity index (χ0) is 22.3. The van der Waals surface area contributed by atoms with Crippen molar-refractivity contribution in [2.75, 3.05) is 13.2 Å². The fourth-order valence-corrected chi connectivity index (χ4v) is 4.50. The van der Waals surface area contributed by atoms with Crippen LogP contribution in [0.2, 0.25) is 0 Å². The molecule has 1 atom stereocenters. The van der Waals surface area contributed by atoms with E-state index in [2.05, 4.69) is 15.9 Å². The molecular weight excluding hydrogens is 458 g/mol. The van der Waals surface area contributed by atoms with Crippen LogP contribution in [-0.2, 0) is 4.74 Å². The molecule has 0 radical (unpaired) electrons. The molecule has 4 rings (SSSR count). The van der Waals surface area contributed by atoms with Gasteiger partial charge in [-0.25, -0.2) is 0 Å².